The molecular formula is C14H20BrNO2. The standard InChI is InChI=1S/C14H20BrNO2/c1-4-16(5-2)10-13(17)11-7-8-14(18-6-3)12(15)9-11/h7-9H,4-6,10H2,1-3H3. The van der Waals surface area contributed by atoms with E-state index >= 15 is 0 Å². The number of rotatable bonds is 7. The van der Waals surface area contributed by atoms with Gasteiger partial charge in [-0.25, -0.2) is 0 Å². The number of halogens is 1. The SMILES string of the molecule is CCOc1ccc(C(=O)CN(CC)CC)cc1Br. The van der Waals surface area contributed by atoms with E-state index in [1.54, 1.807) is 0 Å². The second-order valence-electron chi connectivity index (χ2n) is 3.96. The topological polar surface area (TPSA) is 29.5 Å². The van der Waals surface area contributed by atoms with Crippen molar-refractivity contribution < 1.29 is 9.53 Å². The van der Waals surface area contributed by atoms with Crippen LogP contribution in [0.5, 0.6) is 5.75 Å². The zero-order valence-electron chi connectivity index (χ0n) is 11.2. The number of nitrogens with zero attached hydrogens (tertiary/aromatic N) is 1. The van der Waals surface area contributed by atoms with Crippen LogP contribution in [0.4, 0.5) is 0 Å². The zero-order valence-corrected chi connectivity index (χ0v) is 12.8. The van der Waals surface area contributed by atoms with Crippen LogP contribution in [0.25, 0.3) is 0 Å². The van der Waals surface area contributed by atoms with Crippen LogP contribution in [-0.4, -0.2) is 36.9 Å². The van der Waals surface area contributed by atoms with Gasteiger partial charge < -0.3 is 4.74 Å². The molecule has 1 aromatic rings. The molecule has 100 valence electrons. The van der Waals surface area contributed by atoms with Crippen LogP contribution in [0, 0.1) is 0 Å². The molecule has 0 saturated carbocycles. The minimum absolute atomic E-state index is 0.141. The summed E-state index contributed by atoms with van der Waals surface area (Å²) in [7, 11) is 0. The molecule has 0 radical (unpaired) electrons. The number of ether oxygens (including phenoxy) is 1. The molecule has 0 bridgehead atoms. The summed E-state index contributed by atoms with van der Waals surface area (Å²) >= 11 is 3.43. The first-order chi connectivity index (χ1) is 8.62. The van der Waals surface area contributed by atoms with Crippen molar-refractivity contribution >= 4 is 21.7 Å². The zero-order chi connectivity index (χ0) is 13.5. The third-order valence-electron chi connectivity index (χ3n) is 2.82. The fourth-order valence-corrected chi connectivity index (χ4v) is 2.18. The fraction of sp³-hybridized carbons (Fsp3) is 0.500. The first kappa shape index (κ1) is 15.2. The van der Waals surface area contributed by atoms with E-state index in [0.717, 1.165) is 28.9 Å². The molecule has 18 heavy (non-hydrogen) atoms. The maximum absolute atomic E-state index is 12.1. The van der Waals surface area contributed by atoms with Crippen LogP contribution >= 0.6 is 15.9 Å². The Morgan fingerprint density at radius 2 is 1.94 bits per heavy atom. The predicted octanol–water partition coefficient (Wildman–Crippen LogP) is 3.37. The van der Waals surface area contributed by atoms with Crippen molar-refractivity contribution in [1.29, 1.82) is 0 Å². The Hall–Kier alpha value is -0.870. The summed E-state index contributed by atoms with van der Waals surface area (Å²) in [6, 6.07) is 5.49. The normalized spacial score (nSPS) is 10.7. The van der Waals surface area contributed by atoms with Gasteiger partial charge in [-0.05, 0) is 54.1 Å². The molecule has 1 rings (SSSR count). The number of carbonyl (C=O) groups excluding carboxylic acids is 1. The van der Waals surface area contributed by atoms with E-state index < -0.39 is 0 Å². The minimum atomic E-state index is 0.141. The highest BCUT2D eigenvalue weighted by molar-refractivity contribution is 9.10. The van der Waals surface area contributed by atoms with Crippen molar-refractivity contribution in [2.24, 2.45) is 0 Å². The molecule has 0 aliphatic rings. The average molecular weight is 314 g/mol. The van der Waals surface area contributed by atoms with Crippen LogP contribution in [-0.2, 0) is 0 Å². The molecule has 3 nitrogen and oxygen atoms in total. The Balaban J connectivity index is 2.78. The number of benzene rings is 1. The van der Waals surface area contributed by atoms with Gasteiger partial charge in [0.1, 0.15) is 5.75 Å². The predicted molar refractivity (Wildman–Crippen MR) is 77.4 cm³/mol. The molecular weight excluding hydrogens is 294 g/mol. The summed E-state index contributed by atoms with van der Waals surface area (Å²) < 4.78 is 6.25. The molecule has 4 heteroatoms. The summed E-state index contributed by atoms with van der Waals surface area (Å²) in [6.45, 7) is 8.92. The summed E-state index contributed by atoms with van der Waals surface area (Å²) in [5.74, 6) is 0.916. The quantitative estimate of drug-likeness (QED) is 0.723. The van der Waals surface area contributed by atoms with Gasteiger partial charge in [-0.3, -0.25) is 9.69 Å². The molecule has 0 saturated heterocycles. The smallest absolute Gasteiger partial charge is 0.176 e. The summed E-state index contributed by atoms with van der Waals surface area (Å²) in [5, 5.41) is 0. The third-order valence-corrected chi connectivity index (χ3v) is 3.44. The number of hydrogen-bond donors (Lipinski definition) is 0. The van der Waals surface area contributed by atoms with Crippen molar-refractivity contribution in [2.75, 3.05) is 26.2 Å². The molecule has 0 fully saturated rings. The van der Waals surface area contributed by atoms with Crippen LogP contribution in [0.3, 0.4) is 0 Å². The third kappa shape index (κ3) is 4.10. The second kappa shape index (κ2) is 7.54. The van der Waals surface area contributed by atoms with E-state index in [4.69, 9.17) is 4.74 Å². The van der Waals surface area contributed by atoms with Gasteiger partial charge >= 0.3 is 0 Å². The van der Waals surface area contributed by atoms with Crippen LogP contribution < -0.4 is 4.74 Å². The molecule has 0 N–H and O–H groups in total. The Kier molecular flexibility index (Phi) is 6.36. The van der Waals surface area contributed by atoms with Crippen molar-refractivity contribution in [2.45, 2.75) is 20.8 Å². The van der Waals surface area contributed by atoms with Gasteiger partial charge in [0.2, 0.25) is 0 Å². The van der Waals surface area contributed by atoms with Crippen molar-refractivity contribution in [3.05, 3.63) is 28.2 Å². The molecule has 0 amide bonds. The number of Topliss-reactive ketones (excluding diaryl/α,β-unsaturated/α-hetero) is 1. The van der Waals surface area contributed by atoms with E-state index in [9.17, 15) is 4.79 Å². The van der Waals surface area contributed by atoms with E-state index in [0.29, 0.717) is 13.2 Å². The van der Waals surface area contributed by atoms with Gasteiger partial charge in [0.05, 0.1) is 17.6 Å². The Labute approximate surface area is 117 Å². The van der Waals surface area contributed by atoms with Gasteiger partial charge in [-0.15, -0.1) is 0 Å². The van der Waals surface area contributed by atoms with Gasteiger partial charge in [0.15, 0.2) is 5.78 Å². The minimum Gasteiger partial charge on any atom is -0.493 e. The number of ketones is 1. The maximum Gasteiger partial charge on any atom is 0.176 e. The van der Waals surface area contributed by atoms with E-state index in [1.165, 1.54) is 0 Å². The van der Waals surface area contributed by atoms with E-state index in [1.807, 2.05) is 25.1 Å². The summed E-state index contributed by atoms with van der Waals surface area (Å²) in [4.78, 5) is 14.2. The van der Waals surface area contributed by atoms with Crippen LogP contribution in [0.2, 0.25) is 0 Å². The van der Waals surface area contributed by atoms with Crippen molar-refractivity contribution in [1.82, 2.24) is 4.90 Å². The van der Waals surface area contributed by atoms with Gasteiger partial charge in [-0.1, -0.05) is 13.8 Å². The lowest BCUT2D eigenvalue weighted by Crippen LogP contribution is -2.29. The molecule has 0 unspecified atom stereocenters. The molecule has 0 atom stereocenters. The van der Waals surface area contributed by atoms with Gasteiger partial charge in [-0.2, -0.15) is 0 Å². The Morgan fingerprint density at radius 1 is 1.28 bits per heavy atom. The monoisotopic (exact) mass is 313 g/mol. The summed E-state index contributed by atoms with van der Waals surface area (Å²) in [6.07, 6.45) is 0. The highest BCUT2D eigenvalue weighted by Crippen LogP contribution is 2.26. The molecule has 0 aromatic heterocycles. The van der Waals surface area contributed by atoms with Crippen LogP contribution in [0.15, 0.2) is 22.7 Å². The summed E-state index contributed by atoms with van der Waals surface area (Å²) in [5.41, 5.74) is 0.720. The lowest BCUT2D eigenvalue weighted by Gasteiger charge is -2.17. The molecule has 0 aliphatic carbocycles. The van der Waals surface area contributed by atoms with E-state index in [-0.39, 0.29) is 5.78 Å². The lowest BCUT2D eigenvalue weighted by atomic mass is 10.1. The molecule has 0 spiro atoms. The fourth-order valence-electron chi connectivity index (χ4n) is 1.69. The van der Waals surface area contributed by atoms with Crippen molar-refractivity contribution in [3.8, 4) is 5.75 Å². The van der Waals surface area contributed by atoms with E-state index in [2.05, 4.69) is 34.7 Å². The molecule has 0 aliphatic heterocycles. The Bertz CT molecular complexity index is 403. The van der Waals surface area contributed by atoms with Crippen LogP contribution in [0.1, 0.15) is 31.1 Å². The lowest BCUT2D eigenvalue weighted by molar-refractivity contribution is 0.0937. The largest absolute Gasteiger partial charge is 0.493 e. The van der Waals surface area contributed by atoms with Gasteiger partial charge in [0, 0.05) is 5.56 Å². The van der Waals surface area contributed by atoms with Crippen molar-refractivity contribution in [3.63, 3.8) is 0 Å². The second-order valence-corrected chi connectivity index (χ2v) is 4.82. The Morgan fingerprint density at radius 3 is 2.44 bits per heavy atom. The molecule has 0 heterocycles. The number of carbonyl (C=O) groups is 1. The first-order valence-corrected chi connectivity index (χ1v) is 7.09. The highest BCUT2D eigenvalue weighted by atomic mass is 79.9. The highest BCUT2D eigenvalue weighted by Gasteiger charge is 2.12. The average Bonchev–Trinajstić information content (AvgIpc) is 2.38. The number of hydrogen-bond acceptors (Lipinski definition) is 3. The first-order valence-electron chi connectivity index (χ1n) is 6.30. The molecule has 1 aromatic carbocycles. The van der Waals surface area contributed by atoms with Gasteiger partial charge in [0.25, 0.3) is 0 Å². The maximum atomic E-state index is 12.1. The number of likely N-dealkylation sites (N-methyl/N-ethyl adjacent to an activating group) is 1.